The van der Waals surface area contributed by atoms with Crippen molar-refractivity contribution in [2.75, 3.05) is 5.32 Å². The lowest BCUT2D eigenvalue weighted by Gasteiger charge is -2.27. The van der Waals surface area contributed by atoms with Crippen LogP contribution in [0.4, 0.5) is 10.2 Å². The first-order valence-corrected chi connectivity index (χ1v) is 8.71. The Morgan fingerprint density at radius 2 is 2.15 bits per heavy atom. The second kappa shape index (κ2) is 6.65. The minimum absolute atomic E-state index is 0.0445. The molecule has 1 aliphatic rings. The van der Waals surface area contributed by atoms with E-state index in [4.69, 9.17) is 4.42 Å². The van der Waals surface area contributed by atoms with Gasteiger partial charge in [0.05, 0.1) is 11.5 Å². The van der Waals surface area contributed by atoms with E-state index in [1.807, 2.05) is 20.8 Å². The van der Waals surface area contributed by atoms with Crippen molar-refractivity contribution in [2.24, 2.45) is 5.41 Å². The molecule has 7 nitrogen and oxygen atoms in total. The highest BCUT2D eigenvalue weighted by Crippen LogP contribution is 2.35. The second-order valence-corrected chi connectivity index (χ2v) is 8.11. The number of hydrogen-bond acceptors (Lipinski definition) is 6. The molecule has 1 atom stereocenters. The Kier molecular flexibility index (Phi) is 4.64. The first-order valence-electron chi connectivity index (χ1n) is 8.71. The zero-order valence-corrected chi connectivity index (χ0v) is 15.4. The van der Waals surface area contributed by atoms with E-state index < -0.39 is 23.2 Å². The molecule has 1 aromatic heterocycles. The zero-order valence-electron chi connectivity index (χ0n) is 15.4. The maximum atomic E-state index is 13.4. The van der Waals surface area contributed by atoms with Crippen molar-refractivity contribution in [1.29, 1.82) is 5.26 Å². The summed E-state index contributed by atoms with van der Waals surface area (Å²) in [5, 5.41) is 15.4. The molecule has 0 radical (unpaired) electrons. The van der Waals surface area contributed by atoms with Crippen LogP contribution < -0.4 is 16.4 Å². The van der Waals surface area contributed by atoms with Crippen molar-refractivity contribution in [3.63, 3.8) is 0 Å². The number of aromatic nitrogens is 1. The molecule has 0 spiro atoms. The Bertz CT molecular complexity index is 983. The number of nitrogens with zero attached hydrogens (tertiary/aromatic N) is 2. The molecule has 8 heteroatoms. The first kappa shape index (κ1) is 18.8. The van der Waals surface area contributed by atoms with E-state index in [9.17, 15) is 19.2 Å². The minimum Gasteiger partial charge on any atom is -0.408 e. The number of nitrogens with one attached hydrogen (secondary N) is 2. The van der Waals surface area contributed by atoms with Gasteiger partial charge in [-0.15, -0.1) is 0 Å². The summed E-state index contributed by atoms with van der Waals surface area (Å²) in [5.41, 5.74) is -0.966. The number of carbonyl (C=O) groups is 1. The van der Waals surface area contributed by atoms with Gasteiger partial charge >= 0.3 is 5.76 Å². The molecule has 142 valence electrons. The molecule has 1 saturated carbocycles. The molecule has 3 rings (SSSR count). The van der Waals surface area contributed by atoms with E-state index in [1.165, 1.54) is 12.1 Å². The number of rotatable bonds is 5. The average molecular weight is 372 g/mol. The molecule has 1 amide bonds. The Labute approximate surface area is 155 Å². The molecular formula is C19H21FN4O3. The normalized spacial score (nSPS) is 16.4. The first-order chi connectivity index (χ1) is 12.6. The highest BCUT2D eigenvalue weighted by molar-refractivity contribution is 5.91. The quantitative estimate of drug-likeness (QED) is 0.835. The lowest BCUT2D eigenvalue weighted by atomic mass is 9.87. The van der Waals surface area contributed by atoms with Crippen molar-refractivity contribution in [3.8, 4) is 6.07 Å². The fraction of sp³-hybridized carbons (Fsp3) is 0.474. The molecule has 1 fully saturated rings. The molecule has 2 aromatic rings. The second-order valence-electron chi connectivity index (χ2n) is 8.11. The molecule has 1 unspecified atom stereocenters. The van der Waals surface area contributed by atoms with Gasteiger partial charge in [-0.3, -0.25) is 4.79 Å². The van der Waals surface area contributed by atoms with Gasteiger partial charge in [0.1, 0.15) is 28.8 Å². The van der Waals surface area contributed by atoms with E-state index in [1.54, 1.807) is 0 Å². The third-order valence-electron chi connectivity index (χ3n) is 4.37. The third kappa shape index (κ3) is 4.42. The molecular weight excluding hydrogens is 351 g/mol. The van der Waals surface area contributed by atoms with Crippen LogP contribution in [0.1, 0.15) is 40.0 Å². The summed E-state index contributed by atoms with van der Waals surface area (Å²) in [5.74, 6) is -1.63. The summed E-state index contributed by atoms with van der Waals surface area (Å²) in [6.45, 7) is 5.94. The van der Waals surface area contributed by atoms with Crippen molar-refractivity contribution >= 4 is 22.7 Å². The van der Waals surface area contributed by atoms with Crippen LogP contribution in [-0.4, -0.2) is 22.5 Å². The summed E-state index contributed by atoms with van der Waals surface area (Å²) >= 11 is 0. The number of fused-ring (bicyclic) bond motifs is 1. The molecule has 1 aromatic carbocycles. The highest BCUT2D eigenvalue weighted by Gasteiger charge is 2.46. The van der Waals surface area contributed by atoms with Crippen molar-refractivity contribution in [3.05, 3.63) is 34.6 Å². The van der Waals surface area contributed by atoms with Crippen LogP contribution in [0.15, 0.2) is 27.4 Å². The van der Waals surface area contributed by atoms with Crippen LogP contribution in [0.5, 0.6) is 0 Å². The third-order valence-corrected chi connectivity index (χ3v) is 4.37. The van der Waals surface area contributed by atoms with Gasteiger partial charge in [0, 0.05) is 6.07 Å². The smallest absolute Gasteiger partial charge is 0.408 e. The standard InChI is InChI=1S/C19H21FN4O3/c1-18(2,3)9-13(16(25)24-19(10-21)6-7-19)22-15-12-5-4-11(20)8-14(12)27-17(26)23-15/h4-5,8,13H,6-7,9H2,1-3H3,(H,24,25)(H,22,23,26). The summed E-state index contributed by atoms with van der Waals surface area (Å²) in [6, 6.07) is 5.16. The Hall–Kier alpha value is -2.95. The predicted octanol–water partition coefficient (Wildman–Crippen LogP) is 2.72. The predicted molar refractivity (Wildman–Crippen MR) is 97.4 cm³/mol. The fourth-order valence-electron chi connectivity index (χ4n) is 2.85. The summed E-state index contributed by atoms with van der Waals surface area (Å²) in [7, 11) is 0. The van der Waals surface area contributed by atoms with Gasteiger partial charge in [0.25, 0.3) is 0 Å². The maximum absolute atomic E-state index is 13.4. The largest absolute Gasteiger partial charge is 0.441 e. The lowest BCUT2D eigenvalue weighted by Crippen LogP contribution is -2.47. The van der Waals surface area contributed by atoms with Crippen LogP contribution in [-0.2, 0) is 4.79 Å². The van der Waals surface area contributed by atoms with Crippen LogP contribution >= 0.6 is 0 Å². The van der Waals surface area contributed by atoms with E-state index in [-0.39, 0.29) is 22.7 Å². The highest BCUT2D eigenvalue weighted by atomic mass is 19.1. The topological polar surface area (TPSA) is 108 Å². The number of benzene rings is 1. The van der Waals surface area contributed by atoms with E-state index in [0.717, 1.165) is 6.07 Å². The van der Waals surface area contributed by atoms with Crippen LogP contribution in [0.25, 0.3) is 11.0 Å². The summed E-state index contributed by atoms with van der Waals surface area (Å²) in [6.07, 6.45) is 1.67. The molecule has 1 heterocycles. The molecule has 0 saturated heterocycles. The SMILES string of the molecule is CC(C)(C)CC(Nc1nc(=O)oc2cc(F)ccc12)C(=O)NC1(C#N)CC1. The monoisotopic (exact) mass is 372 g/mol. The Morgan fingerprint density at radius 1 is 1.44 bits per heavy atom. The molecule has 0 bridgehead atoms. The van der Waals surface area contributed by atoms with Crippen LogP contribution in [0.3, 0.4) is 0 Å². The Balaban J connectivity index is 1.94. The summed E-state index contributed by atoms with van der Waals surface area (Å²) in [4.78, 5) is 28.4. The van der Waals surface area contributed by atoms with Gasteiger partial charge in [-0.05, 0) is 36.8 Å². The number of carbonyl (C=O) groups excluding carboxylic acids is 1. The number of anilines is 1. The van der Waals surface area contributed by atoms with E-state index in [2.05, 4.69) is 21.7 Å². The van der Waals surface area contributed by atoms with E-state index >= 15 is 0 Å². The van der Waals surface area contributed by atoms with Crippen molar-refractivity contribution in [2.45, 2.75) is 51.6 Å². The number of nitriles is 1. The van der Waals surface area contributed by atoms with Gasteiger partial charge in [0.15, 0.2) is 0 Å². The lowest BCUT2D eigenvalue weighted by molar-refractivity contribution is -0.123. The van der Waals surface area contributed by atoms with Crippen molar-refractivity contribution in [1.82, 2.24) is 10.3 Å². The van der Waals surface area contributed by atoms with E-state index in [0.29, 0.717) is 24.6 Å². The van der Waals surface area contributed by atoms with Gasteiger partial charge in [-0.2, -0.15) is 10.2 Å². The molecule has 27 heavy (non-hydrogen) atoms. The zero-order chi connectivity index (χ0) is 19.8. The number of hydrogen-bond donors (Lipinski definition) is 2. The molecule has 0 aliphatic heterocycles. The Morgan fingerprint density at radius 3 is 2.74 bits per heavy atom. The van der Waals surface area contributed by atoms with Crippen LogP contribution in [0, 0.1) is 22.6 Å². The van der Waals surface area contributed by atoms with Gasteiger partial charge in [0.2, 0.25) is 5.91 Å². The number of amides is 1. The molecule has 2 N–H and O–H groups in total. The average Bonchev–Trinajstić information content (AvgIpc) is 3.32. The van der Waals surface area contributed by atoms with Crippen LogP contribution in [0.2, 0.25) is 0 Å². The van der Waals surface area contributed by atoms with Gasteiger partial charge in [-0.25, -0.2) is 9.18 Å². The summed E-state index contributed by atoms with van der Waals surface area (Å²) < 4.78 is 18.4. The van der Waals surface area contributed by atoms with Crippen molar-refractivity contribution < 1.29 is 13.6 Å². The minimum atomic E-state index is -0.888. The number of halogens is 1. The van der Waals surface area contributed by atoms with Gasteiger partial charge in [-0.1, -0.05) is 20.8 Å². The van der Waals surface area contributed by atoms with Gasteiger partial charge < -0.3 is 15.1 Å². The fourth-order valence-corrected chi connectivity index (χ4v) is 2.85. The molecule has 1 aliphatic carbocycles. The maximum Gasteiger partial charge on any atom is 0.441 e.